The van der Waals surface area contributed by atoms with Gasteiger partial charge in [0.25, 0.3) is 0 Å². The van der Waals surface area contributed by atoms with Crippen LogP contribution in [0.3, 0.4) is 0 Å². The van der Waals surface area contributed by atoms with Crippen LogP contribution < -0.4 is 5.73 Å². The number of hydrogen-bond donors (Lipinski definition) is 1. The molecule has 23 heavy (non-hydrogen) atoms. The maximum atomic E-state index is 11.4. The number of nitrogens with two attached hydrogens (primary N) is 1. The number of carbonyl (C=O) groups excluding carboxylic acids is 1. The predicted octanol–water partition coefficient (Wildman–Crippen LogP) is 4.02. The van der Waals surface area contributed by atoms with Crippen molar-refractivity contribution in [3.05, 3.63) is 70.1 Å². The quantitative estimate of drug-likeness (QED) is 0.757. The Labute approximate surface area is 143 Å². The van der Waals surface area contributed by atoms with Crippen molar-refractivity contribution in [2.75, 3.05) is 0 Å². The van der Waals surface area contributed by atoms with Crippen LogP contribution in [0.1, 0.15) is 21.6 Å². The first-order valence-electron chi connectivity index (χ1n) is 7.17. The highest BCUT2D eigenvalue weighted by molar-refractivity contribution is 9.10. The molecule has 3 rings (SSSR count). The summed E-state index contributed by atoms with van der Waals surface area (Å²) in [6.45, 7) is 4.10. The summed E-state index contributed by atoms with van der Waals surface area (Å²) in [5.41, 5.74) is 11.0. The Kier molecular flexibility index (Phi) is 4.05. The minimum absolute atomic E-state index is 0.396. The van der Waals surface area contributed by atoms with Crippen molar-refractivity contribution in [3.63, 3.8) is 0 Å². The van der Waals surface area contributed by atoms with E-state index in [1.807, 2.05) is 19.1 Å². The number of halogens is 1. The van der Waals surface area contributed by atoms with E-state index in [0.29, 0.717) is 5.56 Å². The van der Waals surface area contributed by atoms with E-state index in [-0.39, 0.29) is 0 Å². The topological polar surface area (TPSA) is 60.9 Å². The summed E-state index contributed by atoms with van der Waals surface area (Å²) >= 11 is 3.53. The third-order valence-corrected chi connectivity index (χ3v) is 4.31. The van der Waals surface area contributed by atoms with E-state index in [4.69, 9.17) is 5.73 Å². The van der Waals surface area contributed by atoms with Gasteiger partial charge in [0.15, 0.2) is 0 Å². The number of amides is 1. The second kappa shape index (κ2) is 6.01. The van der Waals surface area contributed by atoms with Gasteiger partial charge < -0.3 is 10.3 Å². The molecule has 0 atom stereocenters. The van der Waals surface area contributed by atoms with Crippen LogP contribution in [0.4, 0.5) is 0 Å². The lowest BCUT2D eigenvalue weighted by Crippen LogP contribution is -2.12. The summed E-state index contributed by atoms with van der Waals surface area (Å²) in [5.74, 6) is -0.482. The van der Waals surface area contributed by atoms with Gasteiger partial charge in [-0.05, 0) is 49.7 Å². The van der Waals surface area contributed by atoms with E-state index in [2.05, 4.69) is 50.6 Å². The van der Waals surface area contributed by atoms with Crippen molar-refractivity contribution in [2.24, 2.45) is 5.73 Å². The van der Waals surface area contributed by atoms with E-state index >= 15 is 0 Å². The molecule has 2 aromatic heterocycles. The Morgan fingerprint density at radius 1 is 1.13 bits per heavy atom. The van der Waals surface area contributed by atoms with Crippen molar-refractivity contribution in [1.29, 1.82) is 0 Å². The van der Waals surface area contributed by atoms with Crippen LogP contribution in [0.5, 0.6) is 0 Å². The van der Waals surface area contributed by atoms with Crippen LogP contribution in [0.2, 0.25) is 0 Å². The monoisotopic (exact) mass is 369 g/mol. The molecule has 2 N–H and O–H groups in total. The molecular weight excluding hydrogens is 354 g/mol. The molecule has 0 aliphatic carbocycles. The molecule has 0 radical (unpaired) electrons. The van der Waals surface area contributed by atoms with Crippen LogP contribution >= 0.6 is 15.9 Å². The maximum Gasteiger partial charge on any atom is 0.250 e. The molecule has 5 heteroatoms. The molecule has 0 saturated carbocycles. The van der Waals surface area contributed by atoms with Gasteiger partial charge in [-0.1, -0.05) is 22.0 Å². The lowest BCUT2D eigenvalue weighted by molar-refractivity contribution is 0.1000. The van der Waals surface area contributed by atoms with Gasteiger partial charge in [0, 0.05) is 21.9 Å². The van der Waals surface area contributed by atoms with Crippen LogP contribution in [0.25, 0.3) is 16.9 Å². The second-order valence-electron chi connectivity index (χ2n) is 5.45. The number of aryl methyl sites for hydroxylation is 2. The average molecular weight is 370 g/mol. The molecule has 116 valence electrons. The van der Waals surface area contributed by atoms with E-state index in [1.165, 1.54) is 11.8 Å². The molecule has 2 heterocycles. The maximum absolute atomic E-state index is 11.4. The van der Waals surface area contributed by atoms with Gasteiger partial charge in [-0.3, -0.25) is 9.78 Å². The lowest BCUT2D eigenvalue weighted by atomic mass is 10.1. The highest BCUT2D eigenvalue weighted by atomic mass is 79.9. The van der Waals surface area contributed by atoms with Crippen molar-refractivity contribution in [2.45, 2.75) is 13.8 Å². The molecule has 1 amide bonds. The summed E-state index contributed by atoms with van der Waals surface area (Å²) in [6.07, 6.45) is 3.21. The number of pyridine rings is 1. The smallest absolute Gasteiger partial charge is 0.250 e. The Morgan fingerprint density at radius 2 is 1.91 bits per heavy atom. The molecule has 0 bridgehead atoms. The third kappa shape index (κ3) is 2.92. The zero-order valence-electron chi connectivity index (χ0n) is 12.9. The molecule has 0 aliphatic heterocycles. The molecule has 3 aromatic rings. The average Bonchev–Trinajstić information content (AvgIpc) is 2.91. The minimum Gasteiger partial charge on any atom is -0.366 e. The van der Waals surface area contributed by atoms with Gasteiger partial charge in [-0.15, -0.1) is 0 Å². The van der Waals surface area contributed by atoms with Gasteiger partial charge in [0.05, 0.1) is 23.1 Å². The highest BCUT2D eigenvalue weighted by Gasteiger charge is 2.13. The predicted molar refractivity (Wildman–Crippen MR) is 94.7 cm³/mol. The molecule has 0 fully saturated rings. The first kappa shape index (κ1) is 15.5. The van der Waals surface area contributed by atoms with E-state index in [9.17, 15) is 4.79 Å². The third-order valence-electron chi connectivity index (χ3n) is 3.82. The summed E-state index contributed by atoms with van der Waals surface area (Å²) in [7, 11) is 0. The first-order chi connectivity index (χ1) is 11.0. The molecule has 1 aromatic carbocycles. The number of benzene rings is 1. The van der Waals surface area contributed by atoms with Gasteiger partial charge in [0.2, 0.25) is 5.91 Å². The normalized spacial score (nSPS) is 10.7. The Morgan fingerprint density at radius 3 is 2.65 bits per heavy atom. The number of nitrogens with zero attached hydrogens (tertiary/aromatic N) is 2. The number of carbonyl (C=O) groups is 1. The molecule has 0 aliphatic rings. The van der Waals surface area contributed by atoms with Gasteiger partial charge in [-0.2, -0.15) is 0 Å². The summed E-state index contributed by atoms with van der Waals surface area (Å²) in [4.78, 5) is 15.6. The van der Waals surface area contributed by atoms with Crippen molar-refractivity contribution in [3.8, 4) is 16.9 Å². The number of hydrogen-bond acceptors (Lipinski definition) is 2. The fourth-order valence-corrected chi connectivity index (χ4v) is 3.01. The second-order valence-corrected chi connectivity index (χ2v) is 6.37. The zero-order valence-corrected chi connectivity index (χ0v) is 14.5. The Balaban J connectivity index is 2.22. The molecule has 4 nitrogen and oxygen atoms in total. The Hall–Kier alpha value is -2.40. The van der Waals surface area contributed by atoms with Crippen LogP contribution in [0.15, 0.2) is 53.3 Å². The summed E-state index contributed by atoms with van der Waals surface area (Å²) in [6, 6.07) is 12.1. The number of primary amides is 1. The Bertz CT molecular complexity index is 899. The number of rotatable bonds is 3. The molecule has 0 saturated heterocycles. The summed E-state index contributed by atoms with van der Waals surface area (Å²) in [5, 5.41) is 0. The molecule has 0 unspecified atom stereocenters. The largest absolute Gasteiger partial charge is 0.366 e. The fourth-order valence-electron chi connectivity index (χ4n) is 2.65. The lowest BCUT2D eigenvalue weighted by Gasteiger charge is -2.14. The van der Waals surface area contributed by atoms with Gasteiger partial charge in [0.1, 0.15) is 0 Å². The summed E-state index contributed by atoms with van der Waals surface area (Å²) < 4.78 is 3.10. The van der Waals surface area contributed by atoms with Crippen molar-refractivity contribution in [1.82, 2.24) is 9.55 Å². The zero-order chi connectivity index (χ0) is 16.6. The van der Waals surface area contributed by atoms with Crippen LogP contribution in [-0.2, 0) is 0 Å². The first-order valence-corrected chi connectivity index (χ1v) is 7.97. The molecule has 0 spiro atoms. The van der Waals surface area contributed by atoms with Gasteiger partial charge >= 0.3 is 0 Å². The van der Waals surface area contributed by atoms with Crippen molar-refractivity contribution < 1.29 is 4.79 Å². The van der Waals surface area contributed by atoms with Crippen molar-refractivity contribution >= 4 is 21.8 Å². The highest BCUT2D eigenvalue weighted by Crippen LogP contribution is 2.31. The van der Waals surface area contributed by atoms with E-state index in [1.54, 1.807) is 12.3 Å². The minimum atomic E-state index is -0.482. The van der Waals surface area contributed by atoms with E-state index in [0.717, 1.165) is 27.1 Å². The van der Waals surface area contributed by atoms with Gasteiger partial charge in [-0.25, -0.2) is 0 Å². The van der Waals surface area contributed by atoms with E-state index < -0.39 is 5.91 Å². The van der Waals surface area contributed by atoms with Crippen LogP contribution in [-0.4, -0.2) is 15.5 Å². The SMILES string of the molecule is Cc1ccc(Br)cc1-c1ccc(C)n1-c1cncc(C(N)=O)c1. The number of aromatic nitrogens is 2. The standard InChI is InChI=1S/C18H16BrN3O/c1-11-3-5-14(19)8-16(11)17-6-4-12(2)22(17)15-7-13(18(20)23)9-21-10-15/h3-10H,1-2H3,(H2,20,23). The fraction of sp³-hybridized carbons (Fsp3) is 0.111. The molecular formula is C18H16BrN3O. The van der Waals surface area contributed by atoms with Crippen LogP contribution in [0, 0.1) is 13.8 Å².